The third-order valence-corrected chi connectivity index (χ3v) is 4.50. The summed E-state index contributed by atoms with van der Waals surface area (Å²) in [5.41, 5.74) is 4.09. The minimum Gasteiger partial charge on any atom is -0.328 e. The van der Waals surface area contributed by atoms with Gasteiger partial charge in [0.25, 0.3) is 5.91 Å². The van der Waals surface area contributed by atoms with E-state index in [1.165, 1.54) is 16.0 Å². The van der Waals surface area contributed by atoms with E-state index in [9.17, 15) is 4.79 Å². The Balaban J connectivity index is 1.60. The molecule has 0 fully saturated rings. The Morgan fingerprint density at radius 1 is 0.769 bits per heavy atom. The summed E-state index contributed by atoms with van der Waals surface area (Å²) in [6.45, 7) is 5.23. The van der Waals surface area contributed by atoms with E-state index in [0.717, 1.165) is 25.3 Å². The van der Waals surface area contributed by atoms with Gasteiger partial charge in [0, 0.05) is 22.4 Å². The maximum Gasteiger partial charge on any atom is 0.255 e. The lowest BCUT2D eigenvalue weighted by atomic mass is 10.1. The van der Waals surface area contributed by atoms with Crippen molar-refractivity contribution >= 4 is 11.6 Å². The predicted octanol–water partition coefficient (Wildman–Crippen LogP) is 3.54. The molecule has 2 N–H and O–H groups in total. The van der Waals surface area contributed by atoms with Crippen molar-refractivity contribution in [3.05, 3.63) is 102 Å². The average Bonchev–Trinajstić information content (AvgIpc) is 2.69. The van der Waals surface area contributed by atoms with Crippen LogP contribution in [0.25, 0.3) is 0 Å². The van der Waals surface area contributed by atoms with E-state index in [1.807, 2.05) is 48.5 Å². The molecule has 3 rings (SSSR count). The van der Waals surface area contributed by atoms with E-state index < -0.39 is 0 Å². The monoisotopic (exact) mass is 345 g/mol. The highest BCUT2D eigenvalue weighted by atomic mass is 16.1. The van der Waals surface area contributed by atoms with Crippen LogP contribution in [-0.2, 0) is 13.1 Å². The Hall–Kier alpha value is -2.91. The van der Waals surface area contributed by atoms with Crippen LogP contribution in [0.15, 0.2) is 84.9 Å². The van der Waals surface area contributed by atoms with Crippen molar-refractivity contribution in [3.8, 4) is 0 Å². The average molecular weight is 345 g/mol. The molecule has 0 aliphatic heterocycles. The maximum absolute atomic E-state index is 12.3. The van der Waals surface area contributed by atoms with Gasteiger partial charge in [-0.2, -0.15) is 0 Å². The lowest BCUT2D eigenvalue weighted by Crippen LogP contribution is -3.09. The molecule has 0 aliphatic rings. The molecule has 0 bridgehead atoms. The normalized spacial score (nSPS) is 11.7. The fourth-order valence-corrected chi connectivity index (χ4v) is 2.98. The van der Waals surface area contributed by atoms with Gasteiger partial charge in [0.15, 0.2) is 0 Å². The van der Waals surface area contributed by atoms with E-state index in [0.29, 0.717) is 5.56 Å². The molecule has 0 saturated heterocycles. The number of anilines is 1. The molecule has 1 amide bonds. The van der Waals surface area contributed by atoms with Gasteiger partial charge < -0.3 is 10.2 Å². The zero-order valence-electron chi connectivity index (χ0n) is 15.1. The van der Waals surface area contributed by atoms with Crippen LogP contribution in [0.4, 0.5) is 5.69 Å². The van der Waals surface area contributed by atoms with Crippen LogP contribution >= 0.6 is 0 Å². The van der Waals surface area contributed by atoms with Gasteiger partial charge in [-0.15, -0.1) is 0 Å². The van der Waals surface area contributed by atoms with Crippen molar-refractivity contribution in [1.29, 1.82) is 0 Å². The number of hydrogen-bond donors (Lipinski definition) is 2. The second kappa shape index (κ2) is 8.97. The molecule has 0 aromatic heterocycles. The number of carbonyl (C=O) groups excluding carboxylic acids is 1. The second-order valence-electron chi connectivity index (χ2n) is 6.46. The van der Waals surface area contributed by atoms with Gasteiger partial charge >= 0.3 is 0 Å². The van der Waals surface area contributed by atoms with Crippen LogP contribution in [0, 0.1) is 0 Å². The lowest BCUT2D eigenvalue weighted by molar-refractivity contribution is -0.925. The number of nitrogens with one attached hydrogen (secondary N) is 2. The molecule has 0 saturated carbocycles. The molecule has 0 aliphatic carbocycles. The number of benzene rings is 3. The summed E-state index contributed by atoms with van der Waals surface area (Å²) in [7, 11) is 0. The summed E-state index contributed by atoms with van der Waals surface area (Å²) in [5, 5.41) is 2.92. The molecule has 132 valence electrons. The molecule has 3 aromatic carbocycles. The highest BCUT2D eigenvalue weighted by Crippen LogP contribution is 2.10. The number of hydrogen-bond acceptors (Lipinski definition) is 1. The van der Waals surface area contributed by atoms with E-state index in [-0.39, 0.29) is 5.91 Å². The zero-order valence-corrected chi connectivity index (χ0v) is 15.1. The summed E-state index contributed by atoms with van der Waals surface area (Å²) in [4.78, 5) is 13.8. The molecule has 1 atom stereocenters. The molecule has 0 spiro atoms. The molecular formula is C23H25N2O+. The Kier molecular flexibility index (Phi) is 6.18. The third kappa shape index (κ3) is 5.04. The van der Waals surface area contributed by atoms with Crippen molar-refractivity contribution in [2.24, 2.45) is 0 Å². The molecule has 3 nitrogen and oxygen atoms in total. The SMILES string of the molecule is CC[NH+](Cc1ccccc1)Cc1ccc(C(=O)Nc2ccccc2)cc1. The molecule has 0 heterocycles. The third-order valence-electron chi connectivity index (χ3n) is 4.50. The van der Waals surface area contributed by atoms with E-state index in [4.69, 9.17) is 0 Å². The summed E-state index contributed by atoms with van der Waals surface area (Å²) in [5.74, 6) is -0.0771. The molecule has 26 heavy (non-hydrogen) atoms. The number of carbonyl (C=O) groups is 1. The number of rotatable bonds is 7. The first kappa shape index (κ1) is 17.9. The van der Waals surface area contributed by atoms with Gasteiger partial charge in [0.05, 0.1) is 6.54 Å². The Morgan fingerprint density at radius 2 is 1.31 bits per heavy atom. The highest BCUT2D eigenvalue weighted by molar-refractivity contribution is 6.04. The van der Waals surface area contributed by atoms with Crippen LogP contribution in [0.3, 0.4) is 0 Å². The molecule has 3 aromatic rings. The number of quaternary nitrogens is 1. The summed E-state index contributed by atoms with van der Waals surface area (Å²) in [6, 6.07) is 28.0. The zero-order chi connectivity index (χ0) is 18.2. The minimum absolute atomic E-state index is 0.0771. The van der Waals surface area contributed by atoms with Crippen LogP contribution in [0.5, 0.6) is 0 Å². The second-order valence-corrected chi connectivity index (χ2v) is 6.46. The predicted molar refractivity (Wildman–Crippen MR) is 106 cm³/mol. The molecule has 1 unspecified atom stereocenters. The molecular weight excluding hydrogens is 320 g/mol. The smallest absolute Gasteiger partial charge is 0.255 e. The van der Waals surface area contributed by atoms with Crippen LogP contribution < -0.4 is 10.2 Å². The van der Waals surface area contributed by atoms with Crippen LogP contribution in [-0.4, -0.2) is 12.5 Å². The van der Waals surface area contributed by atoms with Gasteiger partial charge in [-0.1, -0.05) is 60.7 Å². The van der Waals surface area contributed by atoms with Crippen LogP contribution in [0.2, 0.25) is 0 Å². The quantitative estimate of drug-likeness (QED) is 0.675. The van der Waals surface area contributed by atoms with Crippen molar-refractivity contribution in [3.63, 3.8) is 0 Å². The van der Waals surface area contributed by atoms with E-state index >= 15 is 0 Å². The van der Waals surface area contributed by atoms with Gasteiger partial charge in [-0.25, -0.2) is 0 Å². The first-order valence-electron chi connectivity index (χ1n) is 9.07. The standard InChI is InChI=1S/C23H24N2O/c1-2-25(17-19-9-5-3-6-10-19)18-20-13-15-21(16-14-20)23(26)24-22-11-7-4-8-12-22/h3-16H,2,17-18H2,1H3,(H,24,26)/p+1. The number of amides is 1. The van der Waals surface area contributed by atoms with Crippen LogP contribution in [0.1, 0.15) is 28.4 Å². The van der Waals surface area contributed by atoms with Gasteiger partial charge in [-0.05, 0) is 31.2 Å². The summed E-state index contributed by atoms with van der Waals surface area (Å²) in [6.07, 6.45) is 0. The summed E-state index contributed by atoms with van der Waals surface area (Å²) < 4.78 is 0. The largest absolute Gasteiger partial charge is 0.328 e. The number of para-hydroxylation sites is 1. The highest BCUT2D eigenvalue weighted by Gasteiger charge is 2.10. The van der Waals surface area contributed by atoms with Gasteiger partial charge in [-0.3, -0.25) is 4.79 Å². The van der Waals surface area contributed by atoms with E-state index in [2.05, 4.69) is 48.6 Å². The van der Waals surface area contributed by atoms with Crippen molar-refractivity contribution in [2.45, 2.75) is 20.0 Å². The minimum atomic E-state index is -0.0771. The molecule has 3 heteroatoms. The first-order valence-corrected chi connectivity index (χ1v) is 9.07. The Bertz CT molecular complexity index is 814. The molecule has 0 radical (unpaired) electrons. The topological polar surface area (TPSA) is 33.5 Å². The van der Waals surface area contributed by atoms with E-state index in [1.54, 1.807) is 0 Å². The Labute approximate surface area is 155 Å². The Morgan fingerprint density at radius 3 is 1.88 bits per heavy atom. The fraction of sp³-hybridized carbons (Fsp3) is 0.174. The first-order chi connectivity index (χ1) is 12.7. The van der Waals surface area contributed by atoms with Crippen molar-refractivity contribution < 1.29 is 9.69 Å². The van der Waals surface area contributed by atoms with Gasteiger partial charge in [0.2, 0.25) is 0 Å². The maximum atomic E-state index is 12.3. The van der Waals surface area contributed by atoms with Crippen molar-refractivity contribution in [2.75, 3.05) is 11.9 Å². The van der Waals surface area contributed by atoms with Gasteiger partial charge in [0.1, 0.15) is 13.1 Å². The summed E-state index contributed by atoms with van der Waals surface area (Å²) >= 11 is 0. The fourth-order valence-electron chi connectivity index (χ4n) is 2.98. The lowest BCUT2D eigenvalue weighted by Gasteiger charge is -2.18. The van der Waals surface area contributed by atoms with Crippen molar-refractivity contribution in [1.82, 2.24) is 0 Å².